The molecule has 2 N–H and O–H groups in total. The van der Waals surface area contributed by atoms with Gasteiger partial charge in [-0.2, -0.15) is 0 Å². The maximum absolute atomic E-state index is 12.7. The van der Waals surface area contributed by atoms with Crippen molar-refractivity contribution < 1.29 is 33.8 Å². The van der Waals surface area contributed by atoms with Crippen LogP contribution in [0.4, 0.5) is 0 Å². The Bertz CT molecular complexity index is 849. The molecule has 0 aliphatic carbocycles. The van der Waals surface area contributed by atoms with E-state index in [0.717, 1.165) is 4.90 Å². The lowest BCUT2D eigenvalue weighted by atomic mass is 10.0. The number of rotatable bonds is 8. The lowest BCUT2D eigenvalue weighted by Gasteiger charge is -2.27. The third-order valence-electron chi connectivity index (χ3n) is 4.71. The summed E-state index contributed by atoms with van der Waals surface area (Å²) in [5.41, 5.74) is 0.363. The number of hydrogen-bond acceptors (Lipinski definition) is 6. The van der Waals surface area contributed by atoms with Crippen LogP contribution in [0.15, 0.2) is 18.2 Å². The minimum atomic E-state index is -0.997. The third-order valence-corrected chi connectivity index (χ3v) is 4.71. The lowest BCUT2D eigenvalue weighted by Crippen LogP contribution is -2.54. The van der Waals surface area contributed by atoms with E-state index >= 15 is 0 Å². The van der Waals surface area contributed by atoms with Crippen LogP contribution in [-0.4, -0.2) is 52.3 Å². The van der Waals surface area contributed by atoms with E-state index < -0.39 is 35.6 Å². The second kappa shape index (κ2) is 8.20. The number of carbonyl (C=O) groups excluding carboxylic acids is 4. The second-order valence-corrected chi connectivity index (χ2v) is 6.71. The van der Waals surface area contributed by atoms with Crippen molar-refractivity contribution in [1.29, 1.82) is 0 Å². The summed E-state index contributed by atoms with van der Waals surface area (Å²) in [7, 11) is 0. The first-order valence-electron chi connectivity index (χ1n) is 9.08. The number of amides is 4. The minimum Gasteiger partial charge on any atom is -0.494 e. The summed E-state index contributed by atoms with van der Waals surface area (Å²) in [6.45, 7) is 0.359. The van der Waals surface area contributed by atoms with Crippen molar-refractivity contribution in [3.8, 4) is 5.75 Å². The quantitative estimate of drug-likeness (QED) is 0.504. The number of aliphatic carboxylic acids is 1. The van der Waals surface area contributed by atoms with Gasteiger partial charge in [-0.25, -0.2) is 0 Å². The van der Waals surface area contributed by atoms with E-state index in [2.05, 4.69) is 5.32 Å². The summed E-state index contributed by atoms with van der Waals surface area (Å²) in [6.07, 6.45) is 2.23. The van der Waals surface area contributed by atoms with Crippen molar-refractivity contribution in [1.82, 2.24) is 10.2 Å². The van der Waals surface area contributed by atoms with E-state index in [-0.39, 0.29) is 30.4 Å². The molecule has 2 aliphatic rings. The predicted molar refractivity (Wildman–Crippen MR) is 94.7 cm³/mol. The third kappa shape index (κ3) is 4.03. The molecule has 1 fully saturated rings. The van der Waals surface area contributed by atoms with Gasteiger partial charge in [0.05, 0.1) is 17.7 Å². The molecule has 0 spiro atoms. The second-order valence-electron chi connectivity index (χ2n) is 6.71. The zero-order valence-corrected chi connectivity index (χ0v) is 15.1. The molecule has 0 bridgehead atoms. The first kappa shape index (κ1) is 19.5. The molecule has 4 amide bonds. The smallest absolute Gasteiger partial charge is 0.303 e. The number of carboxylic acid groups (broad SMARTS) is 1. The molecule has 0 radical (unpaired) electrons. The standard InChI is InChI=1S/C19H20N2O7/c22-15-8-7-14(17(25)20-15)21-18(26)12-6-5-11(10-13(12)19(21)27)28-9-3-1-2-4-16(23)24/h5-6,10,14H,1-4,7-9H2,(H,23,24)(H,20,22,25). The van der Waals surface area contributed by atoms with Gasteiger partial charge >= 0.3 is 5.97 Å². The van der Waals surface area contributed by atoms with Crippen LogP contribution >= 0.6 is 0 Å². The number of imide groups is 2. The van der Waals surface area contributed by atoms with E-state index in [0.29, 0.717) is 31.6 Å². The zero-order valence-electron chi connectivity index (χ0n) is 15.1. The number of ether oxygens (including phenoxy) is 1. The van der Waals surface area contributed by atoms with E-state index in [9.17, 15) is 24.0 Å². The highest BCUT2D eigenvalue weighted by Crippen LogP contribution is 2.30. The Kier molecular flexibility index (Phi) is 5.72. The number of hydrogen-bond donors (Lipinski definition) is 2. The predicted octanol–water partition coefficient (Wildman–Crippen LogP) is 1.11. The Morgan fingerprint density at radius 3 is 2.57 bits per heavy atom. The fraction of sp³-hybridized carbons (Fsp3) is 0.421. The minimum absolute atomic E-state index is 0.0695. The van der Waals surface area contributed by atoms with Gasteiger partial charge in [-0.15, -0.1) is 0 Å². The molecule has 0 aromatic heterocycles. The van der Waals surface area contributed by atoms with Gasteiger partial charge in [0.2, 0.25) is 11.8 Å². The number of nitrogens with zero attached hydrogens (tertiary/aromatic N) is 1. The molecule has 0 saturated carbocycles. The van der Waals surface area contributed by atoms with E-state index in [4.69, 9.17) is 9.84 Å². The monoisotopic (exact) mass is 388 g/mol. The van der Waals surface area contributed by atoms with Crippen LogP contribution in [0, 0.1) is 0 Å². The van der Waals surface area contributed by atoms with Gasteiger partial charge in [-0.1, -0.05) is 0 Å². The van der Waals surface area contributed by atoms with Crippen LogP contribution in [0.5, 0.6) is 5.75 Å². The molecule has 1 aromatic carbocycles. The normalized spacial score (nSPS) is 18.9. The number of carbonyl (C=O) groups is 5. The Balaban J connectivity index is 1.62. The molecule has 148 valence electrons. The van der Waals surface area contributed by atoms with Crippen molar-refractivity contribution in [2.45, 2.75) is 44.6 Å². The van der Waals surface area contributed by atoms with Gasteiger partial charge in [-0.3, -0.25) is 34.2 Å². The van der Waals surface area contributed by atoms with Gasteiger partial charge in [0.15, 0.2) is 0 Å². The molecule has 1 saturated heterocycles. The molecule has 1 aromatic rings. The Morgan fingerprint density at radius 2 is 1.86 bits per heavy atom. The maximum Gasteiger partial charge on any atom is 0.303 e. The fourth-order valence-electron chi connectivity index (χ4n) is 3.28. The summed E-state index contributed by atoms with van der Waals surface area (Å²) in [5, 5.41) is 10.7. The van der Waals surface area contributed by atoms with Crippen LogP contribution < -0.4 is 10.1 Å². The Labute approximate surface area is 160 Å². The molecule has 1 atom stereocenters. The van der Waals surface area contributed by atoms with Crippen molar-refractivity contribution in [3.05, 3.63) is 29.3 Å². The summed E-state index contributed by atoms with van der Waals surface area (Å²) in [5.74, 6) is -2.62. The summed E-state index contributed by atoms with van der Waals surface area (Å²) in [6, 6.07) is 3.54. The van der Waals surface area contributed by atoms with E-state index in [1.54, 1.807) is 6.07 Å². The highest BCUT2D eigenvalue weighted by atomic mass is 16.5. The maximum atomic E-state index is 12.7. The van der Waals surface area contributed by atoms with Crippen LogP contribution in [-0.2, 0) is 14.4 Å². The van der Waals surface area contributed by atoms with E-state index in [1.165, 1.54) is 12.1 Å². The molecule has 28 heavy (non-hydrogen) atoms. The highest BCUT2D eigenvalue weighted by molar-refractivity contribution is 6.23. The first-order valence-corrected chi connectivity index (χ1v) is 9.08. The van der Waals surface area contributed by atoms with E-state index in [1.807, 2.05) is 0 Å². The van der Waals surface area contributed by atoms with Gasteiger partial charge < -0.3 is 9.84 Å². The van der Waals surface area contributed by atoms with Crippen LogP contribution in [0.3, 0.4) is 0 Å². The number of nitrogens with one attached hydrogen (secondary N) is 1. The summed E-state index contributed by atoms with van der Waals surface area (Å²) in [4.78, 5) is 60.0. The lowest BCUT2D eigenvalue weighted by molar-refractivity contribution is -0.138. The van der Waals surface area contributed by atoms with Crippen molar-refractivity contribution in [2.75, 3.05) is 6.61 Å². The van der Waals surface area contributed by atoms with Crippen LogP contribution in [0.25, 0.3) is 0 Å². The average Bonchev–Trinajstić information content (AvgIpc) is 2.89. The van der Waals surface area contributed by atoms with Crippen LogP contribution in [0.1, 0.15) is 59.2 Å². The number of benzene rings is 1. The highest BCUT2D eigenvalue weighted by Gasteiger charge is 2.44. The fourth-order valence-corrected chi connectivity index (χ4v) is 3.28. The summed E-state index contributed by atoms with van der Waals surface area (Å²) >= 11 is 0. The number of carboxylic acids is 1. The molecular weight excluding hydrogens is 368 g/mol. The Morgan fingerprint density at radius 1 is 1.11 bits per heavy atom. The van der Waals surface area contributed by atoms with Crippen molar-refractivity contribution in [2.24, 2.45) is 0 Å². The van der Waals surface area contributed by atoms with Gasteiger partial charge in [0, 0.05) is 12.8 Å². The van der Waals surface area contributed by atoms with Gasteiger partial charge in [0.1, 0.15) is 11.8 Å². The topological polar surface area (TPSA) is 130 Å². The number of fused-ring (bicyclic) bond motifs is 1. The van der Waals surface area contributed by atoms with Crippen molar-refractivity contribution >= 4 is 29.6 Å². The largest absolute Gasteiger partial charge is 0.494 e. The number of piperidine rings is 1. The molecule has 3 rings (SSSR count). The van der Waals surface area contributed by atoms with Gasteiger partial charge in [0.25, 0.3) is 11.8 Å². The Hall–Kier alpha value is -3.23. The molecule has 9 nitrogen and oxygen atoms in total. The molecule has 9 heteroatoms. The van der Waals surface area contributed by atoms with Gasteiger partial charge in [-0.05, 0) is 43.9 Å². The first-order chi connectivity index (χ1) is 13.4. The average molecular weight is 388 g/mol. The van der Waals surface area contributed by atoms with Crippen LogP contribution in [0.2, 0.25) is 0 Å². The number of unbranched alkanes of at least 4 members (excludes halogenated alkanes) is 2. The summed E-state index contributed by atoms with van der Waals surface area (Å²) < 4.78 is 5.58. The SMILES string of the molecule is O=C(O)CCCCCOc1ccc2c(c1)C(=O)N(C1CCC(=O)NC1=O)C2=O. The van der Waals surface area contributed by atoms with Crippen molar-refractivity contribution in [3.63, 3.8) is 0 Å². The molecular formula is C19H20N2O7. The molecule has 2 heterocycles. The zero-order chi connectivity index (χ0) is 20.3. The molecule has 2 aliphatic heterocycles. The molecule has 1 unspecified atom stereocenters.